The third-order valence-corrected chi connectivity index (χ3v) is 5.65. The number of pyridine rings is 1. The summed E-state index contributed by atoms with van der Waals surface area (Å²) in [4.78, 5) is 29.5. The number of esters is 1. The molecule has 1 aliphatic carbocycles. The van der Waals surface area contributed by atoms with E-state index in [1.165, 1.54) is 6.42 Å². The molecule has 0 aliphatic heterocycles. The molecule has 27 heavy (non-hydrogen) atoms. The van der Waals surface area contributed by atoms with E-state index in [0.29, 0.717) is 39.9 Å². The van der Waals surface area contributed by atoms with Gasteiger partial charge in [0.1, 0.15) is 0 Å². The quantitative estimate of drug-likeness (QED) is 0.826. The average molecular weight is 373 g/mol. The summed E-state index contributed by atoms with van der Waals surface area (Å²) in [5.41, 5.74) is 1.79. The molecule has 2 aromatic rings. The Morgan fingerprint density at radius 2 is 2.04 bits per heavy atom. The van der Waals surface area contributed by atoms with E-state index in [2.05, 4.69) is 29.3 Å². The Bertz CT molecular complexity index is 860. The zero-order valence-electron chi connectivity index (χ0n) is 16.5. The predicted octanol–water partition coefficient (Wildman–Crippen LogP) is 3.33. The van der Waals surface area contributed by atoms with Gasteiger partial charge in [0, 0.05) is 11.7 Å². The monoisotopic (exact) mass is 373 g/mol. The van der Waals surface area contributed by atoms with Gasteiger partial charge in [-0.05, 0) is 45.1 Å². The van der Waals surface area contributed by atoms with Crippen LogP contribution in [0.4, 0.5) is 0 Å². The van der Waals surface area contributed by atoms with E-state index < -0.39 is 12.1 Å². The predicted molar refractivity (Wildman–Crippen MR) is 100 cm³/mol. The molecular weight excluding hydrogens is 346 g/mol. The first-order valence-corrected chi connectivity index (χ1v) is 9.53. The van der Waals surface area contributed by atoms with Gasteiger partial charge in [-0.2, -0.15) is 0 Å². The van der Waals surface area contributed by atoms with Crippen molar-refractivity contribution in [2.75, 3.05) is 0 Å². The number of carbonyl (C=O) groups excluding carboxylic acids is 2. The second kappa shape index (κ2) is 7.66. The Balaban J connectivity index is 1.70. The zero-order chi connectivity index (χ0) is 19.7. The van der Waals surface area contributed by atoms with Crippen LogP contribution in [0.3, 0.4) is 0 Å². The van der Waals surface area contributed by atoms with Crippen molar-refractivity contribution >= 4 is 23.0 Å². The minimum Gasteiger partial charge on any atom is -0.449 e. The van der Waals surface area contributed by atoms with Crippen LogP contribution in [0.1, 0.15) is 61.8 Å². The number of hydrogen-bond acceptors (Lipinski definition) is 6. The Hall–Kier alpha value is -2.44. The minimum atomic E-state index is -0.884. The lowest BCUT2D eigenvalue weighted by atomic mass is 9.78. The van der Waals surface area contributed by atoms with Crippen molar-refractivity contribution in [1.82, 2.24) is 15.5 Å². The Morgan fingerprint density at radius 3 is 2.78 bits per heavy atom. The molecule has 7 heteroatoms. The summed E-state index contributed by atoms with van der Waals surface area (Å²) in [6.45, 7) is 9.47. The second-order valence-electron chi connectivity index (χ2n) is 7.69. The summed E-state index contributed by atoms with van der Waals surface area (Å²) in [5, 5.41) is 7.43. The molecule has 7 nitrogen and oxygen atoms in total. The maximum atomic E-state index is 12.7. The van der Waals surface area contributed by atoms with Crippen molar-refractivity contribution in [3.8, 4) is 0 Å². The van der Waals surface area contributed by atoms with E-state index in [1.54, 1.807) is 26.8 Å². The van der Waals surface area contributed by atoms with Gasteiger partial charge in [-0.3, -0.25) is 4.79 Å². The summed E-state index contributed by atoms with van der Waals surface area (Å²) < 4.78 is 10.6. The molecule has 1 N–H and O–H groups in total. The van der Waals surface area contributed by atoms with Gasteiger partial charge in [-0.15, -0.1) is 0 Å². The van der Waals surface area contributed by atoms with E-state index in [1.807, 2.05) is 0 Å². The van der Waals surface area contributed by atoms with Gasteiger partial charge >= 0.3 is 5.97 Å². The molecular formula is C20H27N3O4. The highest BCUT2D eigenvalue weighted by atomic mass is 16.5. The number of ether oxygens (including phenoxy) is 1. The molecule has 1 amide bonds. The van der Waals surface area contributed by atoms with Gasteiger partial charge in [-0.1, -0.05) is 31.8 Å². The summed E-state index contributed by atoms with van der Waals surface area (Å²) in [5.74, 6) is 0.141. The molecule has 2 heterocycles. The van der Waals surface area contributed by atoms with E-state index in [-0.39, 0.29) is 11.9 Å². The molecule has 0 unspecified atom stereocenters. The molecule has 1 fully saturated rings. The number of hydrogen-bond donors (Lipinski definition) is 1. The summed E-state index contributed by atoms with van der Waals surface area (Å²) in [6, 6.07) is 1.75. The highest BCUT2D eigenvalue weighted by Gasteiger charge is 2.30. The molecule has 0 saturated heterocycles. The number of nitrogens with one attached hydrogen (secondary N) is 1. The fourth-order valence-electron chi connectivity index (χ4n) is 3.74. The standard InChI is InChI=1S/C20H27N3O4/c1-10-7-6-8-16(12(10)3)22-18(24)14(5)26-20(25)15-9-11(2)21-19-17(15)13(4)23-27-19/h9-10,12,14,16H,6-8H2,1-5H3,(H,22,24)/t10-,12+,14-,16-/m1/s1. The van der Waals surface area contributed by atoms with E-state index in [9.17, 15) is 9.59 Å². The van der Waals surface area contributed by atoms with Gasteiger partial charge in [0.2, 0.25) is 0 Å². The first-order chi connectivity index (χ1) is 12.8. The molecule has 0 aromatic carbocycles. The maximum absolute atomic E-state index is 12.7. The van der Waals surface area contributed by atoms with E-state index in [0.717, 1.165) is 12.8 Å². The molecule has 0 bridgehead atoms. The molecule has 2 aromatic heterocycles. The molecule has 146 valence electrons. The van der Waals surface area contributed by atoms with Crippen LogP contribution in [0.2, 0.25) is 0 Å². The Morgan fingerprint density at radius 1 is 1.30 bits per heavy atom. The van der Waals surface area contributed by atoms with Crippen LogP contribution in [0.25, 0.3) is 11.1 Å². The highest BCUT2D eigenvalue weighted by molar-refractivity contribution is 6.04. The van der Waals surface area contributed by atoms with Crippen molar-refractivity contribution in [2.24, 2.45) is 11.8 Å². The molecule has 0 spiro atoms. The van der Waals surface area contributed by atoms with Crippen molar-refractivity contribution < 1.29 is 18.8 Å². The lowest BCUT2D eigenvalue weighted by Gasteiger charge is -2.35. The topological polar surface area (TPSA) is 94.3 Å². The normalized spacial score (nSPS) is 23.8. The fraction of sp³-hybridized carbons (Fsp3) is 0.600. The summed E-state index contributed by atoms with van der Waals surface area (Å²) in [7, 11) is 0. The van der Waals surface area contributed by atoms with Gasteiger partial charge in [-0.25, -0.2) is 9.78 Å². The third-order valence-electron chi connectivity index (χ3n) is 5.65. The minimum absolute atomic E-state index is 0.123. The zero-order valence-corrected chi connectivity index (χ0v) is 16.5. The lowest BCUT2D eigenvalue weighted by Crippen LogP contribution is -2.47. The van der Waals surface area contributed by atoms with Gasteiger partial charge < -0.3 is 14.6 Å². The van der Waals surface area contributed by atoms with Crippen LogP contribution >= 0.6 is 0 Å². The first-order valence-electron chi connectivity index (χ1n) is 9.53. The summed E-state index contributed by atoms with van der Waals surface area (Å²) in [6.07, 6.45) is 2.37. The number of aromatic nitrogens is 2. The Labute approximate surface area is 158 Å². The van der Waals surface area contributed by atoms with E-state index in [4.69, 9.17) is 9.26 Å². The van der Waals surface area contributed by atoms with Crippen LogP contribution in [0.5, 0.6) is 0 Å². The van der Waals surface area contributed by atoms with Crippen LogP contribution in [-0.4, -0.2) is 34.2 Å². The SMILES string of the molecule is Cc1cc(C(=O)O[C@H](C)C(=O)N[C@@H]2CCC[C@@H](C)[C@@H]2C)c2c(C)noc2n1. The summed E-state index contributed by atoms with van der Waals surface area (Å²) >= 11 is 0. The van der Waals surface area contributed by atoms with Crippen molar-refractivity contribution in [3.63, 3.8) is 0 Å². The first kappa shape index (κ1) is 19.3. The van der Waals surface area contributed by atoms with Crippen LogP contribution in [-0.2, 0) is 9.53 Å². The van der Waals surface area contributed by atoms with Crippen LogP contribution in [0, 0.1) is 25.7 Å². The lowest BCUT2D eigenvalue weighted by molar-refractivity contribution is -0.130. The van der Waals surface area contributed by atoms with Crippen LogP contribution in [0.15, 0.2) is 10.6 Å². The molecule has 1 saturated carbocycles. The number of rotatable bonds is 4. The Kier molecular flexibility index (Phi) is 5.48. The van der Waals surface area contributed by atoms with Gasteiger partial charge in [0.25, 0.3) is 11.6 Å². The fourth-order valence-corrected chi connectivity index (χ4v) is 3.74. The van der Waals surface area contributed by atoms with E-state index >= 15 is 0 Å². The molecule has 0 radical (unpaired) electrons. The van der Waals surface area contributed by atoms with Crippen LogP contribution < -0.4 is 5.32 Å². The number of nitrogens with zero attached hydrogens (tertiary/aromatic N) is 2. The number of amides is 1. The average Bonchev–Trinajstić information content (AvgIpc) is 2.98. The van der Waals surface area contributed by atoms with Gasteiger partial charge in [0.15, 0.2) is 6.10 Å². The number of aryl methyl sites for hydroxylation is 2. The van der Waals surface area contributed by atoms with Gasteiger partial charge in [0.05, 0.1) is 16.6 Å². The van der Waals surface area contributed by atoms with Crippen molar-refractivity contribution in [3.05, 3.63) is 23.0 Å². The number of carbonyl (C=O) groups is 2. The molecule has 3 rings (SSSR count). The molecule has 1 aliphatic rings. The van der Waals surface area contributed by atoms with Crippen molar-refractivity contribution in [2.45, 2.75) is 66.0 Å². The van der Waals surface area contributed by atoms with Crippen molar-refractivity contribution in [1.29, 1.82) is 0 Å². The second-order valence-corrected chi connectivity index (χ2v) is 7.69. The smallest absolute Gasteiger partial charge is 0.339 e. The number of fused-ring (bicyclic) bond motifs is 1. The third kappa shape index (κ3) is 3.96. The maximum Gasteiger partial charge on any atom is 0.339 e. The highest BCUT2D eigenvalue weighted by Crippen LogP contribution is 2.29. The largest absolute Gasteiger partial charge is 0.449 e. The molecule has 4 atom stereocenters.